The van der Waals surface area contributed by atoms with E-state index in [0.717, 1.165) is 5.56 Å². The van der Waals surface area contributed by atoms with E-state index in [4.69, 9.17) is 16.1 Å². The molecular weight excluding hydrogens is 318 g/mol. The van der Waals surface area contributed by atoms with Crippen molar-refractivity contribution in [3.8, 4) is 11.3 Å². The van der Waals surface area contributed by atoms with E-state index in [0.29, 0.717) is 10.7 Å². The van der Waals surface area contributed by atoms with Crippen molar-refractivity contribution >= 4 is 23.4 Å². The van der Waals surface area contributed by atoms with Gasteiger partial charge in [-0.05, 0) is 26.0 Å². The average molecular weight is 336 g/mol. The van der Waals surface area contributed by atoms with Crippen molar-refractivity contribution in [1.82, 2.24) is 15.8 Å². The Kier molecular flexibility index (Phi) is 5.76. The molecule has 0 saturated heterocycles. The lowest BCUT2D eigenvalue weighted by Crippen LogP contribution is -2.34. The lowest BCUT2D eigenvalue weighted by atomic mass is 10.1. The maximum atomic E-state index is 12.0. The van der Waals surface area contributed by atoms with Crippen LogP contribution < -0.4 is 10.6 Å². The van der Waals surface area contributed by atoms with Crippen molar-refractivity contribution in [3.05, 3.63) is 41.1 Å². The van der Waals surface area contributed by atoms with Gasteiger partial charge in [-0.2, -0.15) is 0 Å². The molecule has 7 heteroatoms. The zero-order chi connectivity index (χ0) is 16.8. The Bertz CT molecular complexity index is 697. The summed E-state index contributed by atoms with van der Waals surface area (Å²) in [6.07, 6.45) is 0.208. The summed E-state index contributed by atoms with van der Waals surface area (Å²) in [6, 6.07) is 8.71. The highest BCUT2D eigenvalue weighted by molar-refractivity contribution is 6.30. The molecule has 0 fully saturated rings. The van der Waals surface area contributed by atoms with Crippen LogP contribution in [0.4, 0.5) is 0 Å². The summed E-state index contributed by atoms with van der Waals surface area (Å²) in [5, 5.41) is 9.80. The number of hydrogen-bond donors (Lipinski definition) is 2. The topological polar surface area (TPSA) is 84.2 Å². The molecule has 1 aromatic carbocycles. The van der Waals surface area contributed by atoms with Crippen LogP contribution in [-0.4, -0.2) is 29.6 Å². The minimum atomic E-state index is -0.414. The van der Waals surface area contributed by atoms with Crippen LogP contribution in [0.1, 0.15) is 30.8 Å². The highest BCUT2D eigenvalue weighted by Crippen LogP contribution is 2.22. The quantitative estimate of drug-likeness (QED) is 0.850. The molecule has 2 rings (SSSR count). The molecular formula is C16H18ClN3O3. The molecule has 2 aromatic rings. The average Bonchev–Trinajstić information content (AvgIpc) is 2.96. The van der Waals surface area contributed by atoms with E-state index in [-0.39, 0.29) is 30.7 Å². The Morgan fingerprint density at radius 1 is 1.30 bits per heavy atom. The Morgan fingerprint density at radius 2 is 2.09 bits per heavy atom. The molecule has 122 valence electrons. The minimum absolute atomic E-state index is 0.0766. The second kappa shape index (κ2) is 7.78. The summed E-state index contributed by atoms with van der Waals surface area (Å²) >= 11 is 5.92. The van der Waals surface area contributed by atoms with Gasteiger partial charge in [0.2, 0.25) is 11.7 Å². The van der Waals surface area contributed by atoms with E-state index >= 15 is 0 Å². The molecule has 23 heavy (non-hydrogen) atoms. The van der Waals surface area contributed by atoms with Gasteiger partial charge >= 0.3 is 0 Å². The summed E-state index contributed by atoms with van der Waals surface area (Å²) in [6.45, 7) is 3.98. The van der Waals surface area contributed by atoms with Crippen LogP contribution in [0.15, 0.2) is 34.9 Å². The fraction of sp³-hybridized carbons (Fsp3) is 0.312. The number of aromatic nitrogens is 1. The summed E-state index contributed by atoms with van der Waals surface area (Å²) in [5.41, 5.74) is 1.28. The van der Waals surface area contributed by atoms with Crippen LogP contribution in [0.25, 0.3) is 11.3 Å². The third-order valence-electron chi connectivity index (χ3n) is 2.94. The predicted molar refractivity (Wildman–Crippen MR) is 87.2 cm³/mol. The van der Waals surface area contributed by atoms with Gasteiger partial charge in [0.05, 0.1) is 0 Å². The highest BCUT2D eigenvalue weighted by Gasteiger charge is 2.14. The normalized spacial score (nSPS) is 10.6. The Hall–Kier alpha value is -2.34. The Morgan fingerprint density at radius 3 is 2.78 bits per heavy atom. The number of nitrogens with one attached hydrogen (secondary N) is 2. The largest absolute Gasteiger partial charge is 0.354 e. The van der Waals surface area contributed by atoms with Gasteiger partial charge in [-0.3, -0.25) is 9.59 Å². The molecule has 0 spiro atoms. The van der Waals surface area contributed by atoms with Gasteiger partial charge in [0, 0.05) is 35.7 Å². The van der Waals surface area contributed by atoms with E-state index in [9.17, 15) is 9.59 Å². The number of amides is 2. The number of rotatable bonds is 6. The van der Waals surface area contributed by atoms with Crippen molar-refractivity contribution < 1.29 is 14.1 Å². The van der Waals surface area contributed by atoms with Gasteiger partial charge in [-0.1, -0.05) is 28.9 Å². The Labute approximate surface area is 139 Å². The highest BCUT2D eigenvalue weighted by atomic mass is 35.5. The number of nitrogens with zero attached hydrogens (tertiary/aromatic N) is 1. The first-order valence-corrected chi connectivity index (χ1v) is 7.63. The number of carbonyl (C=O) groups excluding carboxylic acids is 2. The van der Waals surface area contributed by atoms with Crippen LogP contribution in [0.2, 0.25) is 5.02 Å². The molecule has 0 radical (unpaired) electrons. The third-order valence-corrected chi connectivity index (χ3v) is 3.18. The fourth-order valence-corrected chi connectivity index (χ4v) is 2.13. The lowest BCUT2D eigenvalue weighted by Gasteiger charge is -2.08. The predicted octanol–water partition coefficient (Wildman–Crippen LogP) is 2.64. The van der Waals surface area contributed by atoms with E-state index < -0.39 is 5.91 Å². The summed E-state index contributed by atoms with van der Waals surface area (Å²) in [5.74, 6) is -0.440. The van der Waals surface area contributed by atoms with Crippen LogP contribution >= 0.6 is 11.6 Å². The fourth-order valence-electron chi connectivity index (χ4n) is 1.94. The number of halogens is 1. The summed E-state index contributed by atoms with van der Waals surface area (Å²) < 4.78 is 5.04. The number of hydrogen-bond acceptors (Lipinski definition) is 4. The second-order valence-corrected chi connectivity index (χ2v) is 5.75. The standard InChI is InChI=1S/C16H18ClN3O3/c1-10(2)19-15(21)6-7-18-16(22)14-9-13(20-23-14)11-4-3-5-12(17)8-11/h3-5,8-10H,6-7H2,1-2H3,(H,18,22)(H,19,21). The van der Waals surface area contributed by atoms with Crippen LogP contribution in [0, 0.1) is 0 Å². The van der Waals surface area contributed by atoms with Gasteiger partial charge in [0.25, 0.3) is 5.91 Å². The van der Waals surface area contributed by atoms with Crippen molar-refractivity contribution in [2.45, 2.75) is 26.3 Å². The lowest BCUT2D eigenvalue weighted by molar-refractivity contribution is -0.121. The van der Waals surface area contributed by atoms with Gasteiger partial charge in [0.1, 0.15) is 5.69 Å². The van der Waals surface area contributed by atoms with Crippen LogP contribution in [-0.2, 0) is 4.79 Å². The molecule has 6 nitrogen and oxygen atoms in total. The minimum Gasteiger partial charge on any atom is -0.354 e. The van der Waals surface area contributed by atoms with Gasteiger partial charge in [-0.25, -0.2) is 0 Å². The first-order valence-electron chi connectivity index (χ1n) is 7.26. The molecule has 1 heterocycles. The maximum absolute atomic E-state index is 12.0. The molecule has 0 saturated carbocycles. The first kappa shape index (κ1) is 17.0. The van der Waals surface area contributed by atoms with E-state index in [1.165, 1.54) is 6.07 Å². The van der Waals surface area contributed by atoms with Gasteiger partial charge in [0.15, 0.2) is 0 Å². The van der Waals surface area contributed by atoms with Crippen LogP contribution in [0.5, 0.6) is 0 Å². The smallest absolute Gasteiger partial charge is 0.289 e. The van der Waals surface area contributed by atoms with E-state index in [1.807, 2.05) is 19.9 Å². The zero-order valence-corrected chi connectivity index (χ0v) is 13.7. The van der Waals surface area contributed by atoms with Crippen LogP contribution in [0.3, 0.4) is 0 Å². The second-order valence-electron chi connectivity index (χ2n) is 5.31. The first-order chi connectivity index (χ1) is 11.0. The van der Waals surface area contributed by atoms with Crippen molar-refractivity contribution in [2.75, 3.05) is 6.54 Å². The molecule has 2 N–H and O–H groups in total. The number of carbonyl (C=O) groups is 2. The zero-order valence-electron chi connectivity index (χ0n) is 12.9. The van der Waals surface area contributed by atoms with E-state index in [1.54, 1.807) is 18.2 Å². The monoisotopic (exact) mass is 335 g/mol. The molecule has 0 bridgehead atoms. The molecule has 0 atom stereocenters. The van der Waals surface area contributed by atoms with Crippen molar-refractivity contribution in [3.63, 3.8) is 0 Å². The summed E-state index contributed by atoms with van der Waals surface area (Å²) in [4.78, 5) is 23.4. The molecule has 0 aliphatic heterocycles. The van der Waals surface area contributed by atoms with E-state index in [2.05, 4.69) is 15.8 Å². The van der Waals surface area contributed by atoms with Crippen molar-refractivity contribution in [2.24, 2.45) is 0 Å². The van der Waals surface area contributed by atoms with Gasteiger partial charge < -0.3 is 15.2 Å². The number of benzene rings is 1. The molecule has 2 amide bonds. The molecule has 0 unspecified atom stereocenters. The molecule has 1 aromatic heterocycles. The van der Waals surface area contributed by atoms with Crippen molar-refractivity contribution in [1.29, 1.82) is 0 Å². The molecule has 0 aliphatic carbocycles. The SMILES string of the molecule is CC(C)NC(=O)CCNC(=O)c1cc(-c2cccc(Cl)c2)no1. The summed E-state index contributed by atoms with van der Waals surface area (Å²) in [7, 11) is 0. The Balaban J connectivity index is 1.90. The third kappa shape index (κ3) is 5.10. The molecule has 0 aliphatic rings. The maximum Gasteiger partial charge on any atom is 0.289 e. The van der Waals surface area contributed by atoms with Gasteiger partial charge in [-0.15, -0.1) is 0 Å².